The second-order valence-electron chi connectivity index (χ2n) is 4.79. The number of hydrogen-bond acceptors (Lipinski definition) is 5. The minimum Gasteiger partial charge on any atom is -0.496 e. The molecule has 1 amide bonds. The maximum absolute atomic E-state index is 12.6. The Morgan fingerprint density at radius 2 is 2.41 bits per heavy atom. The van der Waals surface area contributed by atoms with Gasteiger partial charge in [-0.1, -0.05) is 15.9 Å². The summed E-state index contributed by atoms with van der Waals surface area (Å²) < 4.78 is 7.96. The minimum atomic E-state index is -0.0385. The van der Waals surface area contributed by atoms with Crippen molar-refractivity contribution in [3.8, 4) is 5.75 Å². The molecular formula is C14H15BrN4O2S. The van der Waals surface area contributed by atoms with Crippen LogP contribution < -0.4 is 4.74 Å². The summed E-state index contributed by atoms with van der Waals surface area (Å²) in [5.41, 5.74) is 1.01. The van der Waals surface area contributed by atoms with Crippen LogP contribution in [0.1, 0.15) is 10.9 Å². The summed E-state index contributed by atoms with van der Waals surface area (Å²) in [5, 5.41) is 3.95. The molecule has 1 atom stereocenters. The van der Waals surface area contributed by atoms with Gasteiger partial charge >= 0.3 is 0 Å². The Morgan fingerprint density at radius 3 is 3.14 bits per heavy atom. The first kappa shape index (κ1) is 15.4. The highest BCUT2D eigenvalue weighted by molar-refractivity contribution is 9.10. The van der Waals surface area contributed by atoms with Gasteiger partial charge in [0.15, 0.2) is 0 Å². The smallest absolute Gasteiger partial charge is 0.245 e. The summed E-state index contributed by atoms with van der Waals surface area (Å²) in [4.78, 5) is 18.3. The average molecular weight is 383 g/mol. The van der Waals surface area contributed by atoms with E-state index in [1.165, 1.54) is 6.33 Å². The molecule has 116 valence electrons. The molecule has 0 saturated carbocycles. The first-order chi connectivity index (χ1) is 10.7. The van der Waals surface area contributed by atoms with Crippen molar-refractivity contribution >= 4 is 33.6 Å². The van der Waals surface area contributed by atoms with Crippen molar-refractivity contribution in [1.29, 1.82) is 0 Å². The van der Waals surface area contributed by atoms with Crippen molar-refractivity contribution in [2.75, 3.05) is 19.4 Å². The van der Waals surface area contributed by atoms with E-state index in [4.69, 9.17) is 4.74 Å². The number of amides is 1. The van der Waals surface area contributed by atoms with Crippen LogP contribution in [0.25, 0.3) is 0 Å². The van der Waals surface area contributed by atoms with Crippen LogP contribution >= 0.6 is 27.7 Å². The second-order valence-corrected chi connectivity index (χ2v) is 6.89. The van der Waals surface area contributed by atoms with Crippen LogP contribution in [-0.2, 0) is 11.3 Å². The Kier molecular flexibility index (Phi) is 4.68. The van der Waals surface area contributed by atoms with Gasteiger partial charge in [-0.25, -0.2) is 9.67 Å². The summed E-state index contributed by atoms with van der Waals surface area (Å²) in [6.45, 7) is 0.923. The van der Waals surface area contributed by atoms with Gasteiger partial charge in [-0.05, 0) is 18.2 Å². The number of ether oxygens (including phenoxy) is 1. The Labute approximate surface area is 141 Å². The van der Waals surface area contributed by atoms with Crippen LogP contribution in [0, 0.1) is 0 Å². The summed E-state index contributed by atoms with van der Waals surface area (Å²) >= 11 is 5.23. The van der Waals surface area contributed by atoms with Gasteiger partial charge in [0.05, 0.1) is 7.11 Å². The highest BCUT2D eigenvalue weighted by Crippen LogP contribution is 2.42. The number of methoxy groups -OCH3 is 1. The monoisotopic (exact) mass is 382 g/mol. The summed E-state index contributed by atoms with van der Waals surface area (Å²) in [5.74, 6) is 1.73. The van der Waals surface area contributed by atoms with E-state index in [-0.39, 0.29) is 17.8 Å². The van der Waals surface area contributed by atoms with E-state index in [0.717, 1.165) is 28.1 Å². The van der Waals surface area contributed by atoms with E-state index in [2.05, 4.69) is 26.0 Å². The summed E-state index contributed by atoms with van der Waals surface area (Å²) in [7, 11) is 1.65. The zero-order valence-electron chi connectivity index (χ0n) is 12.0. The van der Waals surface area contributed by atoms with Crippen LogP contribution in [0.4, 0.5) is 0 Å². The standard InChI is InChI=1S/C14H15BrN4O2S/c1-21-12-3-2-10(15)6-11(12)14-19(4-5-22-14)13(20)7-18-9-16-8-17-18/h2-3,6,8-9,14H,4-5,7H2,1H3. The van der Waals surface area contributed by atoms with E-state index in [1.54, 1.807) is 29.9 Å². The lowest BCUT2D eigenvalue weighted by Crippen LogP contribution is -2.33. The van der Waals surface area contributed by atoms with Crippen molar-refractivity contribution in [1.82, 2.24) is 19.7 Å². The molecule has 0 radical (unpaired) electrons. The molecule has 6 nitrogen and oxygen atoms in total. The molecule has 0 N–H and O–H groups in total. The van der Waals surface area contributed by atoms with Crippen LogP contribution in [-0.4, -0.2) is 45.0 Å². The molecule has 2 heterocycles. The number of carbonyl (C=O) groups is 1. The highest BCUT2D eigenvalue weighted by atomic mass is 79.9. The van der Waals surface area contributed by atoms with E-state index in [1.807, 2.05) is 23.1 Å². The van der Waals surface area contributed by atoms with Crippen molar-refractivity contribution in [2.24, 2.45) is 0 Å². The molecule has 22 heavy (non-hydrogen) atoms. The Bertz CT molecular complexity index is 665. The lowest BCUT2D eigenvalue weighted by Gasteiger charge is -2.25. The van der Waals surface area contributed by atoms with E-state index in [9.17, 15) is 4.79 Å². The fourth-order valence-corrected chi connectivity index (χ4v) is 4.10. The topological polar surface area (TPSA) is 60.2 Å². The zero-order valence-corrected chi connectivity index (χ0v) is 14.4. The van der Waals surface area contributed by atoms with Crippen molar-refractivity contribution in [3.05, 3.63) is 40.9 Å². The molecule has 1 aromatic carbocycles. The first-order valence-corrected chi connectivity index (χ1v) is 8.60. The number of nitrogens with zero attached hydrogens (tertiary/aromatic N) is 4. The number of aromatic nitrogens is 3. The Morgan fingerprint density at radius 1 is 1.55 bits per heavy atom. The number of benzene rings is 1. The van der Waals surface area contributed by atoms with Gasteiger partial charge in [0.1, 0.15) is 30.3 Å². The van der Waals surface area contributed by atoms with Crippen LogP contribution in [0.15, 0.2) is 35.3 Å². The Balaban J connectivity index is 1.84. The number of hydrogen-bond donors (Lipinski definition) is 0. The Hall–Kier alpha value is -1.54. The van der Waals surface area contributed by atoms with Crippen LogP contribution in [0.3, 0.4) is 0 Å². The molecule has 1 saturated heterocycles. The average Bonchev–Trinajstić information content (AvgIpc) is 3.18. The van der Waals surface area contributed by atoms with Crippen molar-refractivity contribution in [2.45, 2.75) is 11.9 Å². The lowest BCUT2D eigenvalue weighted by molar-refractivity contribution is -0.132. The van der Waals surface area contributed by atoms with Gasteiger partial charge in [0, 0.05) is 22.3 Å². The van der Waals surface area contributed by atoms with Gasteiger partial charge in [-0.3, -0.25) is 4.79 Å². The third-order valence-electron chi connectivity index (χ3n) is 3.43. The second kappa shape index (κ2) is 6.70. The largest absolute Gasteiger partial charge is 0.496 e. The third kappa shape index (κ3) is 3.12. The maximum Gasteiger partial charge on any atom is 0.245 e. The molecule has 1 aromatic heterocycles. The number of rotatable bonds is 4. The van der Waals surface area contributed by atoms with Gasteiger partial charge in [-0.2, -0.15) is 5.10 Å². The van der Waals surface area contributed by atoms with Gasteiger partial charge in [0.2, 0.25) is 5.91 Å². The number of halogens is 1. The summed E-state index contributed by atoms with van der Waals surface area (Å²) in [6.07, 6.45) is 2.98. The summed E-state index contributed by atoms with van der Waals surface area (Å²) in [6, 6.07) is 5.86. The predicted molar refractivity (Wildman–Crippen MR) is 87.6 cm³/mol. The fraction of sp³-hybridized carbons (Fsp3) is 0.357. The van der Waals surface area contributed by atoms with E-state index >= 15 is 0 Å². The normalized spacial score (nSPS) is 17.7. The third-order valence-corrected chi connectivity index (χ3v) is 5.17. The fourth-order valence-electron chi connectivity index (χ4n) is 2.43. The highest BCUT2D eigenvalue weighted by Gasteiger charge is 2.32. The maximum atomic E-state index is 12.6. The predicted octanol–water partition coefficient (Wildman–Crippen LogP) is 2.32. The van der Waals surface area contributed by atoms with Crippen LogP contribution in [0.2, 0.25) is 0 Å². The van der Waals surface area contributed by atoms with Gasteiger partial charge < -0.3 is 9.64 Å². The molecule has 8 heteroatoms. The van der Waals surface area contributed by atoms with Crippen molar-refractivity contribution in [3.63, 3.8) is 0 Å². The van der Waals surface area contributed by atoms with E-state index < -0.39 is 0 Å². The molecule has 0 aliphatic carbocycles. The molecule has 1 aliphatic rings. The van der Waals surface area contributed by atoms with E-state index in [0.29, 0.717) is 0 Å². The molecule has 3 rings (SSSR count). The zero-order chi connectivity index (χ0) is 15.5. The molecule has 1 fully saturated rings. The molecule has 1 aliphatic heterocycles. The minimum absolute atomic E-state index is 0.0301. The number of thioether (sulfide) groups is 1. The molecular weight excluding hydrogens is 368 g/mol. The molecule has 1 unspecified atom stereocenters. The van der Waals surface area contributed by atoms with Gasteiger partial charge in [0.25, 0.3) is 0 Å². The lowest BCUT2D eigenvalue weighted by atomic mass is 10.2. The molecule has 0 spiro atoms. The van der Waals surface area contributed by atoms with Crippen LogP contribution in [0.5, 0.6) is 5.75 Å². The van der Waals surface area contributed by atoms with Crippen molar-refractivity contribution < 1.29 is 9.53 Å². The first-order valence-electron chi connectivity index (χ1n) is 6.76. The molecule has 2 aromatic rings. The number of carbonyl (C=O) groups excluding carboxylic acids is 1. The van der Waals surface area contributed by atoms with Gasteiger partial charge in [-0.15, -0.1) is 11.8 Å². The SMILES string of the molecule is COc1ccc(Br)cc1C1SCCN1C(=O)Cn1cncn1. The quantitative estimate of drug-likeness (QED) is 0.811. The molecule has 0 bridgehead atoms.